The second kappa shape index (κ2) is 8.58. The Balaban J connectivity index is 1.86. The Hall–Kier alpha value is -2.01. The minimum Gasteiger partial charge on any atom is -0.372 e. The summed E-state index contributed by atoms with van der Waals surface area (Å²) in [6.07, 6.45) is 3.20. The van der Waals surface area contributed by atoms with Crippen molar-refractivity contribution in [1.29, 1.82) is 0 Å². The predicted molar refractivity (Wildman–Crippen MR) is 96.3 cm³/mol. The molecule has 5 heteroatoms. The fourth-order valence-corrected chi connectivity index (χ4v) is 2.70. The van der Waals surface area contributed by atoms with Crippen molar-refractivity contribution in [1.82, 2.24) is 10.2 Å². The van der Waals surface area contributed by atoms with E-state index in [1.807, 2.05) is 24.3 Å². The van der Waals surface area contributed by atoms with Crippen molar-refractivity contribution in [2.75, 3.05) is 37.3 Å². The number of carbonyl (C=O) groups is 1. The summed E-state index contributed by atoms with van der Waals surface area (Å²) in [7, 11) is 2.05. The van der Waals surface area contributed by atoms with E-state index in [0.717, 1.165) is 56.1 Å². The maximum absolute atomic E-state index is 12.3. The molecule has 0 saturated carbocycles. The predicted octanol–water partition coefficient (Wildman–Crippen LogP) is 2.85. The Morgan fingerprint density at radius 3 is 2.74 bits per heavy atom. The molecule has 1 aliphatic heterocycles. The number of amides is 1. The van der Waals surface area contributed by atoms with Crippen LogP contribution in [0.2, 0.25) is 0 Å². The topological polar surface area (TPSA) is 56.4 Å². The molecule has 1 unspecified atom stereocenters. The molecule has 0 bridgehead atoms. The Morgan fingerprint density at radius 2 is 2.09 bits per heavy atom. The van der Waals surface area contributed by atoms with E-state index in [9.17, 15) is 4.79 Å². The van der Waals surface area contributed by atoms with Gasteiger partial charge in [-0.15, -0.1) is 0 Å². The van der Waals surface area contributed by atoms with Gasteiger partial charge in [0.05, 0.1) is 11.7 Å². The molecule has 5 nitrogen and oxygen atoms in total. The number of benzene rings is 1. The largest absolute Gasteiger partial charge is 0.372 e. The molecule has 0 radical (unpaired) electrons. The minimum absolute atomic E-state index is 0.0855. The Morgan fingerprint density at radius 1 is 1.35 bits per heavy atom. The highest BCUT2D eigenvalue weighted by Crippen LogP contribution is 2.20. The van der Waals surface area contributed by atoms with Crippen LogP contribution in [0.5, 0.6) is 0 Å². The van der Waals surface area contributed by atoms with Crippen LogP contribution in [-0.4, -0.2) is 37.5 Å². The molecule has 126 valence electrons. The second-order valence-electron chi connectivity index (χ2n) is 6.20. The lowest BCUT2D eigenvalue weighted by molar-refractivity contribution is -0.119. The zero-order valence-corrected chi connectivity index (χ0v) is 14.2. The molecule has 1 saturated heterocycles. The van der Waals surface area contributed by atoms with E-state index in [0.29, 0.717) is 0 Å². The first-order valence-corrected chi connectivity index (χ1v) is 8.37. The third-order valence-corrected chi connectivity index (χ3v) is 4.06. The smallest absolute Gasteiger partial charge is 0.228 e. The highest BCUT2D eigenvalue weighted by atomic mass is 16.1. The third kappa shape index (κ3) is 5.60. The van der Waals surface area contributed by atoms with Gasteiger partial charge in [0, 0.05) is 24.5 Å². The van der Waals surface area contributed by atoms with Crippen molar-refractivity contribution in [3.63, 3.8) is 0 Å². The highest BCUT2D eigenvalue weighted by Gasteiger charge is 2.25. The van der Waals surface area contributed by atoms with Crippen LogP contribution < -0.4 is 16.0 Å². The Bertz CT molecular complexity index is 544. The molecule has 1 aromatic carbocycles. The van der Waals surface area contributed by atoms with Crippen LogP contribution in [-0.2, 0) is 4.79 Å². The summed E-state index contributed by atoms with van der Waals surface area (Å²) in [5.41, 5.74) is 1.73. The summed E-state index contributed by atoms with van der Waals surface area (Å²) in [6, 6.07) is 7.74. The standard InChI is InChI=1S/C18H28N4O/c1-4-5-10-19-14(2)20-16-7-6-8-17(12-16)21-18(23)15-9-11-22(3)13-15/h6-8,12,15,19-20H,2,4-5,9-11,13H2,1,3H3,(H,21,23). The van der Waals surface area contributed by atoms with Gasteiger partial charge in [-0.3, -0.25) is 4.79 Å². The Labute approximate surface area is 139 Å². The maximum Gasteiger partial charge on any atom is 0.228 e. The summed E-state index contributed by atoms with van der Waals surface area (Å²) >= 11 is 0. The van der Waals surface area contributed by atoms with Crippen molar-refractivity contribution in [3.8, 4) is 0 Å². The zero-order chi connectivity index (χ0) is 16.7. The molecule has 23 heavy (non-hydrogen) atoms. The summed E-state index contributed by atoms with van der Waals surface area (Å²) in [5.74, 6) is 0.966. The molecule has 0 spiro atoms. The quantitative estimate of drug-likeness (QED) is 0.646. The van der Waals surface area contributed by atoms with Gasteiger partial charge in [0.1, 0.15) is 0 Å². The number of carbonyl (C=O) groups excluding carboxylic acids is 1. The molecule has 1 atom stereocenters. The molecular formula is C18H28N4O. The minimum atomic E-state index is 0.0855. The number of anilines is 2. The molecule has 0 aliphatic carbocycles. The lowest BCUT2D eigenvalue weighted by Gasteiger charge is -2.14. The number of hydrogen-bond donors (Lipinski definition) is 3. The van der Waals surface area contributed by atoms with Gasteiger partial charge in [-0.05, 0) is 44.6 Å². The summed E-state index contributed by atoms with van der Waals surface area (Å²) in [5, 5.41) is 9.48. The SMILES string of the molecule is C=C(NCCCC)Nc1cccc(NC(=O)C2CCN(C)C2)c1. The van der Waals surface area contributed by atoms with Crippen LogP contribution in [0, 0.1) is 5.92 Å². The van der Waals surface area contributed by atoms with E-state index in [2.05, 4.69) is 41.4 Å². The van der Waals surface area contributed by atoms with Crippen molar-refractivity contribution >= 4 is 17.3 Å². The number of hydrogen-bond acceptors (Lipinski definition) is 4. The van der Waals surface area contributed by atoms with Gasteiger partial charge in [-0.25, -0.2) is 0 Å². The molecule has 1 aromatic rings. The summed E-state index contributed by atoms with van der Waals surface area (Å²) in [6.45, 7) is 8.86. The van der Waals surface area contributed by atoms with Gasteiger partial charge in [-0.2, -0.15) is 0 Å². The normalized spacial score (nSPS) is 17.7. The first-order valence-electron chi connectivity index (χ1n) is 8.37. The van der Waals surface area contributed by atoms with Gasteiger partial charge < -0.3 is 20.9 Å². The van der Waals surface area contributed by atoms with E-state index in [1.165, 1.54) is 0 Å². The number of nitrogens with one attached hydrogen (secondary N) is 3. The van der Waals surface area contributed by atoms with E-state index in [1.54, 1.807) is 0 Å². The number of nitrogens with zero attached hydrogens (tertiary/aromatic N) is 1. The first kappa shape index (κ1) is 17.3. The lowest BCUT2D eigenvalue weighted by Crippen LogP contribution is -2.25. The van der Waals surface area contributed by atoms with Crippen molar-refractivity contribution in [2.45, 2.75) is 26.2 Å². The molecule has 1 heterocycles. The summed E-state index contributed by atoms with van der Waals surface area (Å²) in [4.78, 5) is 14.5. The van der Waals surface area contributed by atoms with E-state index >= 15 is 0 Å². The van der Waals surface area contributed by atoms with Crippen molar-refractivity contribution in [3.05, 3.63) is 36.7 Å². The van der Waals surface area contributed by atoms with Crippen LogP contribution >= 0.6 is 0 Å². The maximum atomic E-state index is 12.3. The number of likely N-dealkylation sites (tertiary alicyclic amines) is 1. The molecule has 0 aromatic heterocycles. The van der Waals surface area contributed by atoms with Gasteiger partial charge in [-0.1, -0.05) is 26.0 Å². The monoisotopic (exact) mass is 316 g/mol. The molecule has 3 N–H and O–H groups in total. The van der Waals surface area contributed by atoms with Crippen molar-refractivity contribution in [2.24, 2.45) is 5.92 Å². The van der Waals surface area contributed by atoms with Gasteiger partial charge in [0.15, 0.2) is 0 Å². The zero-order valence-electron chi connectivity index (χ0n) is 14.2. The average molecular weight is 316 g/mol. The van der Waals surface area contributed by atoms with Gasteiger partial charge in [0.25, 0.3) is 0 Å². The number of unbranched alkanes of at least 4 members (excludes halogenated alkanes) is 1. The van der Waals surface area contributed by atoms with Crippen LogP contribution in [0.3, 0.4) is 0 Å². The van der Waals surface area contributed by atoms with Gasteiger partial charge in [0.2, 0.25) is 5.91 Å². The van der Waals surface area contributed by atoms with Crippen LogP contribution in [0.4, 0.5) is 11.4 Å². The number of rotatable bonds is 8. The van der Waals surface area contributed by atoms with E-state index < -0.39 is 0 Å². The van der Waals surface area contributed by atoms with Gasteiger partial charge >= 0.3 is 0 Å². The third-order valence-electron chi connectivity index (χ3n) is 4.06. The molecule has 1 fully saturated rings. The highest BCUT2D eigenvalue weighted by molar-refractivity contribution is 5.93. The lowest BCUT2D eigenvalue weighted by atomic mass is 10.1. The summed E-state index contributed by atoms with van der Waals surface area (Å²) < 4.78 is 0. The average Bonchev–Trinajstić information content (AvgIpc) is 2.94. The van der Waals surface area contributed by atoms with Crippen LogP contribution in [0.25, 0.3) is 0 Å². The van der Waals surface area contributed by atoms with E-state index in [-0.39, 0.29) is 11.8 Å². The fourth-order valence-electron chi connectivity index (χ4n) is 2.70. The molecule has 2 rings (SSSR count). The second-order valence-corrected chi connectivity index (χ2v) is 6.20. The van der Waals surface area contributed by atoms with Crippen LogP contribution in [0.15, 0.2) is 36.7 Å². The van der Waals surface area contributed by atoms with Crippen molar-refractivity contribution < 1.29 is 4.79 Å². The first-order chi connectivity index (χ1) is 11.1. The fraction of sp³-hybridized carbons (Fsp3) is 0.500. The Kier molecular flexibility index (Phi) is 6.47. The van der Waals surface area contributed by atoms with Crippen LogP contribution in [0.1, 0.15) is 26.2 Å². The molecular weight excluding hydrogens is 288 g/mol. The molecule has 1 amide bonds. The molecule has 1 aliphatic rings. The van der Waals surface area contributed by atoms with E-state index in [4.69, 9.17) is 0 Å².